The first-order chi connectivity index (χ1) is 15.8. The standard InChI is InChI=1S/C26H29N5O/c32-26(11-8-20-5-2-1-3-6-20)30-13-4-7-21(12-14-30)19-31-25-10-9-22(15-23(25)18-29-31)24-16-27-28-17-24/h1-3,5-6,9-10,15-18,21H,4,7-8,11-14,19H2,(H,27,28). The Morgan fingerprint density at radius 1 is 1.03 bits per heavy atom. The average molecular weight is 428 g/mol. The molecule has 1 unspecified atom stereocenters. The number of nitrogens with zero attached hydrogens (tertiary/aromatic N) is 4. The van der Waals surface area contributed by atoms with Crippen molar-refractivity contribution >= 4 is 16.8 Å². The van der Waals surface area contributed by atoms with E-state index in [4.69, 9.17) is 0 Å². The molecular formula is C26H29N5O. The van der Waals surface area contributed by atoms with Gasteiger partial charge in [0.05, 0.1) is 17.9 Å². The first-order valence-electron chi connectivity index (χ1n) is 11.5. The molecule has 32 heavy (non-hydrogen) atoms. The van der Waals surface area contributed by atoms with Crippen LogP contribution in [-0.4, -0.2) is 43.9 Å². The van der Waals surface area contributed by atoms with Gasteiger partial charge in [0.25, 0.3) is 0 Å². The van der Waals surface area contributed by atoms with Crippen LogP contribution in [0, 0.1) is 5.92 Å². The van der Waals surface area contributed by atoms with E-state index in [-0.39, 0.29) is 5.91 Å². The van der Waals surface area contributed by atoms with E-state index in [9.17, 15) is 4.79 Å². The molecule has 1 saturated heterocycles. The predicted octanol–water partition coefficient (Wildman–Crippen LogP) is 4.69. The zero-order chi connectivity index (χ0) is 21.8. The van der Waals surface area contributed by atoms with Crippen LogP contribution in [0.25, 0.3) is 22.0 Å². The second kappa shape index (κ2) is 9.39. The number of hydrogen-bond donors (Lipinski definition) is 1. The van der Waals surface area contributed by atoms with Crippen molar-refractivity contribution in [3.05, 3.63) is 72.7 Å². The van der Waals surface area contributed by atoms with Gasteiger partial charge in [-0.25, -0.2) is 0 Å². The fourth-order valence-corrected chi connectivity index (χ4v) is 4.72. The van der Waals surface area contributed by atoms with Crippen LogP contribution in [-0.2, 0) is 17.8 Å². The number of likely N-dealkylation sites (tertiary alicyclic amines) is 1. The van der Waals surface area contributed by atoms with E-state index < -0.39 is 0 Å². The highest BCUT2D eigenvalue weighted by atomic mass is 16.2. The Morgan fingerprint density at radius 3 is 2.78 bits per heavy atom. The van der Waals surface area contributed by atoms with Gasteiger partial charge in [-0.1, -0.05) is 36.4 Å². The average Bonchev–Trinajstić information content (AvgIpc) is 3.44. The summed E-state index contributed by atoms with van der Waals surface area (Å²) in [6.45, 7) is 2.63. The number of H-pyrrole nitrogens is 1. The molecule has 6 heteroatoms. The highest BCUT2D eigenvalue weighted by Crippen LogP contribution is 2.26. The molecule has 1 aliphatic rings. The van der Waals surface area contributed by atoms with E-state index in [1.54, 1.807) is 0 Å². The highest BCUT2D eigenvalue weighted by molar-refractivity contribution is 5.84. The summed E-state index contributed by atoms with van der Waals surface area (Å²) in [6.07, 6.45) is 10.3. The number of amides is 1. The summed E-state index contributed by atoms with van der Waals surface area (Å²) in [5.41, 5.74) is 4.62. The quantitative estimate of drug-likeness (QED) is 0.485. The summed E-state index contributed by atoms with van der Waals surface area (Å²) in [5, 5.41) is 12.7. The number of fused-ring (bicyclic) bond motifs is 1. The zero-order valence-corrected chi connectivity index (χ0v) is 18.3. The molecule has 0 radical (unpaired) electrons. The summed E-state index contributed by atoms with van der Waals surface area (Å²) >= 11 is 0. The summed E-state index contributed by atoms with van der Waals surface area (Å²) in [4.78, 5) is 14.8. The number of aromatic nitrogens is 4. The Kier molecular flexibility index (Phi) is 6.01. The normalized spacial score (nSPS) is 16.9. The lowest BCUT2D eigenvalue weighted by Gasteiger charge is -2.21. The molecule has 164 valence electrons. The van der Waals surface area contributed by atoms with Gasteiger partial charge in [-0.05, 0) is 54.9 Å². The SMILES string of the molecule is O=C(CCc1ccccc1)N1CCCC(Cn2ncc3cc(-c4cn[nH]c4)ccc32)CC1. The minimum Gasteiger partial charge on any atom is -0.343 e. The van der Waals surface area contributed by atoms with Crippen LogP contribution in [0.3, 0.4) is 0 Å². The largest absolute Gasteiger partial charge is 0.343 e. The fourth-order valence-electron chi connectivity index (χ4n) is 4.72. The molecule has 6 nitrogen and oxygen atoms in total. The predicted molar refractivity (Wildman–Crippen MR) is 126 cm³/mol. The van der Waals surface area contributed by atoms with Gasteiger partial charge in [-0.15, -0.1) is 0 Å². The molecule has 1 amide bonds. The van der Waals surface area contributed by atoms with E-state index in [0.29, 0.717) is 12.3 Å². The molecule has 5 rings (SSSR count). The molecule has 1 atom stereocenters. The van der Waals surface area contributed by atoms with Crippen LogP contribution < -0.4 is 0 Å². The molecule has 3 heterocycles. The number of nitrogens with one attached hydrogen (secondary N) is 1. The second-order valence-electron chi connectivity index (χ2n) is 8.75. The molecule has 0 aliphatic carbocycles. The van der Waals surface area contributed by atoms with Crippen LogP contribution in [0.4, 0.5) is 0 Å². The molecule has 0 saturated carbocycles. The number of carbonyl (C=O) groups excluding carboxylic acids is 1. The highest BCUT2D eigenvalue weighted by Gasteiger charge is 2.21. The van der Waals surface area contributed by atoms with Gasteiger partial charge >= 0.3 is 0 Å². The lowest BCUT2D eigenvalue weighted by molar-refractivity contribution is -0.131. The first kappa shape index (κ1) is 20.5. The topological polar surface area (TPSA) is 66.8 Å². The molecule has 1 N–H and O–H groups in total. The van der Waals surface area contributed by atoms with Crippen LogP contribution in [0.5, 0.6) is 0 Å². The van der Waals surface area contributed by atoms with E-state index in [1.807, 2.05) is 36.8 Å². The molecular weight excluding hydrogens is 398 g/mol. The molecule has 4 aromatic rings. The number of rotatable bonds is 6. The molecule has 2 aromatic carbocycles. The summed E-state index contributed by atoms with van der Waals surface area (Å²) < 4.78 is 2.13. The zero-order valence-electron chi connectivity index (χ0n) is 18.3. The van der Waals surface area contributed by atoms with E-state index in [0.717, 1.165) is 67.3 Å². The van der Waals surface area contributed by atoms with Crippen molar-refractivity contribution < 1.29 is 4.79 Å². The number of hydrogen-bond acceptors (Lipinski definition) is 3. The fraction of sp³-hybridized carbons (Fsp3) is 0.346. The Hall–Kier alpha value is -3.41. The third-order valence-electron chi connectivity index (χ3n) is 6.58. The second-order valence-corrected chi connectivity index (χ2v) is 8.75. The van der Waals surface area contributed by atoms with E-state index >= 15 is 0 Å². The summed E-state index contributed by atoms with van der Waals surface area (Å²) in [6, 6.07) is 16.7. The Labute approximate surface area is 188 Å². The number of carbonyl (C=O) groups is 1. The van der Waals surface area contributed by atoms with Gasteiger partial charge < -0.3 is 4.90 Å². The maximum absolute atomic E-state index is 12.8. The van der Waals surface area contributed by atoms with Crippen molar-refractivity contribution in [3.8, 4) is 11.1 Å². The maximum Gasteiger partial charge on any atom is 0.222 e. The molecule has 0 bridgehead atoms. The van der Waals surface area contributed by atoms with Gasteiger partial charge in [0, 0.05) is 43.2 Å². The van der Waals surface area contributed by atoms with Crippen molar-refractivity contribution in [3.63, 3.8) is 0 Å². The van der Waals surface area contributed by atoms with Crippen molar-refractivity contribution in [1.29, 1.82) is 0 Å². The molecule has 1 fully saturated rings. The maximum atomic E-state index is 12.8. The van der Waals surface area contributed by atoms with Crippen molar-refractivity contribution in [2.24, 2.45) is 5.92 Å². The van der Waals surface area contributed by atoms with Gasteiger partial charge in [-0.3, -0.25) is 14.6 Å². The molecule has 2 aromatic heterocycles. The lowest BCUT2D eigenvalue weighted by atomic mass is 10.0. The smallest absolute Gasteiger partial charge is 0.222 e. The molecule has 0 spiro atoms. The minimum atomic E-state index is 0.283. The van der Waals surface area contributed by atoms with Gasteiger partial charge in [-0.2, -0.15) is 10.2 Å². The summed E-state index contributed by atoms with van der Waals surface area (Å²) in [7, 11) is 0. The van der Waals surface area contributed by atoms with E-state index in [1.165, 1.54) is 5.56 Å². The molecule has 1 aliphatic heterocycles. The summed E-state index contributed by atoms with van der Waals surface area (Å²) in [5.74, 6) is 0.824. The van der Waals surface area contributed by atoms with Crippen LogP contribution in [0.2, 0.25) is 0 Å². The van der Waals surface area contributed by atoms with Gasteiger partial charge in [0.1, 0.15) is 0 Å². The third-order valence-corrected chi connectivity index (χ3v) is 6.58. The first-order valence-corrected chi connectivity index (χ1v) is 11.5. The Balaban J connectivity index is 1.19. The minimum absolute atomic E-state index is 0.283. The number of benzene rings is 2. The Bertz CT molecular complexity index is 1170. The van der Waals surface area contributed by atoms with Gasteiger partial charge in [0.2, 0.25) is 5.91 Å². The monoisotopic (exact) mass is 427 g/mol. The van der Waals surface area contributed by atoms with Crippen LogP contribution in [0.15, 0.2) is 67.1 Å². The van der Waals surface area contributed by atoms with Crippen molar-refractivity contribution in [2.45, 2.75) is 38.6 Å². The van der Waals surface area contributed by atoms with Crippen molar-refractivity contribution in [1.82, 2.24) is 24.9 Å². The number of aromatic amines is 1. The van der Waals surface area contributed by atoms with Crippen LogP contribution >= 0.6 is 0 Å². The number of aryl methyl sites for hydroxylation is 1. The third kappa shape index (κ3) is 4.59. The lowest BCUT2D eigenvalue weighted by Crippen LogP contribution is -2.32. The van der Waals surface area contributed by atoms with Crippen LogP contribution in [0.1, 0.15) is 31.2 Å². The van der Waals surface area contributed by atoms with Gasteiger partial charge in [0.15, 0.2) is 0 Å². The van der Waals surface area contributed by atoms with Crippen molar-refractivity contribution in [2.75, 3.05) is 13.1 Å². The van der Waals surface area contributed by atoms with E-state index in [2.05, 4.69) is 55.2 Å². The Morgan fingerprint density at radius 2 is 1.94 bits per heavy atom.